The Labute approximate surface area is 156 Å². The first kappa shape index (κ1) is 17.8. The van der Waals surface area contributed by atoms with Gasteiger partial charge in [0.1, 0.15) is 6.04 Å². The van der Waals surface area contributed by atoms with E-state index in [1.807, 2.05) is 6.07 Å². The minimum atomic E-state index is -0.921. The predicted molar refractivity (Wildman–Crippen MR) is 95.9 cm³/mol. The zero-order valence-electron chi connectivity index (χ0n) is 15.2. The number of amides is 4. The summed E-state index contributed by atoms with van der Waals surface area (Å²) in [6.07, 6.45) is 0.291. The van der Waals surface area contributed by atoms with Crippen LogP contribution in [0.2, 0.25) is 0 Å². The lowest BCUT2D eigenvalue weighted by atomic mass is 10.0. The van der Waals surface area contributed by atoms with Gasteiger partial charge in [0.15, 0.2) is 0 Å². The van der Waals surface area contributed by atoms with Gasteiger partial charge >= 0.3 is 0 Å². The molecule has 3 aliphatic rings. The van der Waals surface area contributed by atoms with Crippen LogP contribution in [0, 0.1) is 0 Å². The molecule has 1 aromatic rings. The maximum atomic E-state index is 12.8. The number of rotatable bonds is 5. The van der Waals surface area contributed by atoms with Crippen molar-refractivity contribution in [1.29, 1.82) is 0 Å². The molecule has 1 aromatic carbocycles. The fourth-order valence-electron chi connectivity index (χ4n) is 3.99. The number of hydrogen-bond acceptors (Lipinski definition) is 6. The third-order valence-corrected chi connectivity index (χ3v) is 5.36. The number of nitrogens with one attached hydrogen (secondary N) is 2. The summed E-state index contributed by atoms with van der Waals surface area (Å²) in [5, 5.41) is 5.60. The first-order valence-electron chi connectivity index (χ1n) is 9.28. The number of nitrogens with zero attached hydrogens (tertiary/aromatic N) is 2. The zero-order valence-corrected chi connectivity index (χ0v) is 15.2. The van der Waals surface area contributed by atoms with Crippen molar-refractivity contribution in [1.82, 2.24) is 20.4 Å². The molecule has 1 unspecified atom stereocenters. The Bertz CT molecular complexity index is 831. The second-order valence-electron chi connectivity index (χ2n) is 7.28. The van der Waals surface area contributed by atoms with Crippen molar-refractivity contribution in [3.05, 3.63) is 34.9 Å². The van der Waals surface area contributed by atoms with Crippen LogP contribution in [-0.4, -0.2) is 65.1 Å². The van der Waals surface area contributed by atoms with Crippen LogP contribution in [0.4, 0.5) is 0 Å². The summed E-state index contributed by atoms with van der Waals surface area (Å²) in [5.41, 5.74) is 1.63. The summed E-state index contributed by atoms with van der Waals surface area (Å²) in [6, 6.07) is 4.87. The largest absolute Gasteiger partial charge is 0.312 e. The summed E-state index contributed by atoms with van der Waals surface area (Å²) in [6.45, 7) is 5.67. The number of likely N-dealkylation sites (N-methyl/N-ethyl adjacent to an activating group) is 1. The molecule has 8 heteroatoms. The number of carbonyl (C=O) groups is 4. The Morgan fingerprint density at radius 2 is 1.85 bits per heavy atom. The SMILES string of the molecule is CCNC1CN(Cc2ccc3c(c2)C(=O)N(C2CCC(=O)NC2=O)C3=O)C1. The zero-order chi connectivity index (χ0) is 19.1. The van der Waals surface area contributed by atoms with E-state index in [0.29, 0.717) is 17.2 Å². The van der Waals surface area contributed by atoms with Gasteiger partial charge in [-0.1, -0.05) is 13.0 Å². The van der Waals surface area contributed by atoms with Crippen LogP contribution in [0.5, 0.6) is 0 Å². The topological polar surface area (TPSA) is 98.8 Å². The van der Waals surface area contributed by atoms with Gasteiger partial charge in [-0.25, -0.2) is 0 Å². The molecular weight excluding hydrogens is 348 g/mol. The number of likely N-dealkylation sites (tertiary alicyclic amines) is 1. The molecule has 3 heterocycles. The van der Waals surface area contributed by atoms with Crippen molar-refractivity contribution in [3.63, 3.8) is 0 Å². The van der Waals surface area contributed by atoms with Crippen molar-refractivity contribution >= 4 is 23.6 Å². The maximum absolute atomic E-state index is 12.8. The molecule has 27 heavy (non-hydrogen) atoms. The molecule has 0 spiro atoms. The number of benzene rings is 1. The molecule has 2 N–H and O–H groups in total. The Morgan fingerprint density at radius 1 is 1.11 bits per heavy atom. The van der Waals surface area contributed by atoms with E-state index in [0.717, 1.165) is 36.6 Å². The average molecular weight is 370 g/mol. The van der Waals surface area contributed by atoms with Crippen molar-refractivity contribution in [2.24, 2.45) is 0 Å². The number of carbonyl (C=O) groups excluding carboxylic acids is 4. The second-order valence-corrected chi connectivity index (χ2v) is 7.28. The minimum absolute atomic E-state index is 0.122. The van der Waals surface area contributed by atoms with Gasteiger partial charge in [-0.3, -0.25) is 34.3 Å². The third kappa shape index (κ3) is 3.15. The Balaban J connectivity index is 1.49. The molecule has 0 saturated carbocycles. The lowest BCUT2D eigenvalue weighted by molar-refractivity contribution is -0.136. The molecule has 1 atom stereocenters. The van der Waals surface area contributed by atoms with Crippen molar-refractivity contribution in [2.75, 3.05) is 19.6 Å². The Hall–Kier alpha value is -2.58. The molecule has 4 amide bonds. The van der Waals surface area contributed by atoms with E-state index in [9.17, 15) is 19.2 Å². The standard InChI is InChI=1S/C19H22N4O4/c1-2-20-12-9-22(10-12)8-11-3-4-13-14(7-11)19(27)23(18(13)26)15-5-6-16(24)21-17(15)25/h3-4,7,12,15,20H,2,5-6,8-10H2,1H3,(H,21,24,25). The van der Waals surface area contributed by atoms with Gasteiger partial charge in [-0.15, -0.1) is 0 Å². The van der Waals surface area contributed by atoms with Gasteiger partial charge in [-0.2, -0.15) is 0 Å². The van der Waals surface area contributed by atoms with Crippen LogP contribution < -0.4 is 10.6 Å². The minimum Gasteiger partial charge on any atom is -0.312 e. The monoisotopic (exact) mass is 370 g/mol. The average Bonchev–Trinajstić information content (AvgIpc) is 2.84. The summed E-state index contributed by atoms with van der Waals surface area (Å²) in [7, 11) is 0. The first-order valence-corrected chi connectivity index (χ1v) is 9.28. The summed E-state index contributed by atoms with van der Waals surface area (Å²) in [4.78, 5) is 52.2. The van der Waals surface area contributed by atoms with Gasteiger partial charge in [0.05, 0.1) is 11.1 Å². The second kappa shape index (κ2) is 6.86. The molecule has 2 saturated heterocycles. The highest BCUT2D eigenvalue weighted by Crippen LogP contribution is 2.29. The predicted octanol–water partition coefficient (Wildman–Crippen LogP) is -0.118. The van der Waals surface area contributed by atoms with E-state index in [4.69, 9.17) is 0 Å². The smallest absolute Gasteiger partial charge is 0.262 e. The molecule has 0 aliphatic carbocycles. The van der Waals surface area contributed by atoms with Gasteiger partial charge in [0, 0.05) is 32.1 Å². The molecule has 8 nitrogen and oxygen atoms in total. The van der Waals surface area contributed by atoms with Gasteiger partial charge in [-0.05, 0) is 30.7 Å². The highest BCUT2D eigenvalue weighted by atomic mass is 16.2. The van der Waals surface area contributed by atoms with Crippen LogP contribution in [0.3, 0.4) is 0 Å². The molecule has 0 radical (unpaired) electrons. The van der Waals surface area contributed by atoms with Crippen LogP contribution in [0.25, 0.3) is 0 Å². The summed E-state index contributed by atoms with van der Waals surface area (Å²) in [5.74, 6) is -1.88. The number of imide groups is 2. The number of hydrogen-bond donors (Lipinski definition) is 2. The van der Waals surface area contributed by atoms with Crippen LogP contribution >= 0.6 is 0 Å². The van der Waals surface area contributed by atoms with Gasteiger partial charge in [0.25, 0.3) is 11.8 Å². The fourth-order valence-corrected chi connectivity index (χ4v) is 3.99. The molecule has 2 fully saturated rings. The van der Waals surface area contributed by atoms with Gasteiger partial charge in [0.2, 0.25) is 11.8 Å². The number of piperidine rings is 1. The Kier molecular flexibility index (Phi) is 4.53. The van der Waals surface area contributed by atoms with Crippen molar-refractivity contribution in [3.8, 4) is 0 Å². The van der Waals surface area contributed by atoms with Crippen LogP contribution in [0.15, 0.2) is 18.2 Å². The van der Waals surface area contributed by atoms with Crippen molar-refractivity contribution in [2.45, 2.75) is 38.4 Å². The van der Waals surface area contributed by atoms with E-state index >= 15 is 0 Å². The quantitative estimate of drug-likeness (QED) is 0.702. The summed E-state index contributed by atoms with van der Waals surface area (Å²) >= 11 is 0. The third-order valence-electron chi connectivity index (χ3n) is 5.36. The molecule has 0 aromatic heterocycles. The maximum Gasteiger partial charge on any atom is 0.262 e. The van der Waals surface area contributed by atoms with Crippen LogP contribution in [-0.2, 0) is 16.1 Å². The first-order chi connectivity index (χ1) is 13.0. The van der Waals surface area contributed by atoms with E-state index in [1.54, 1.807) is 12.1 Å². The van der Waals surface area contributed by atoms with Crippen LogP contribution in [0.1, 0.15) is 46.0 Å². The van der Waals surface area contributed by atoms with E-state index < -0.39 is 23.8 Å². The Morgan fingerprint density at radius 3 is 2.56 bits per heavy atom. The van der Waals surface area contributed by atoms with Gasteiger partial charge < -0.3 is 5.32 Å². The number of fused-ring (bicyclic) bond motifs is 1. The molecule has 3 aliphatic heterocycles. The normalized spacial score (nSPS) is 23.4. The lowest BCUT2D eigenvalue weighted by Crippen LogP contribution is -2.57. The highest BCUT2D eigenvalue weighted by Gasteiger charge is 2.44. The fraction of sp³-hybridized carbons (Fsp3) is 0.474. The summed E-state index contributed by atoms with van der Waals surface area (Å²) < 4.78 is 0. The highest BCUT2D eigenvalue weighted by molar-refractivity contribution is 6.23. The molecular formula is C19H22N4O4. The van der Waals surface area contributed by atoms with E-state index in [1.165, 1.54) is 0 Å². The molecule has 142 valence electrons. The van der Waals surface area contributed by atoms with Crippen molar-refractivity contribution < 1.29 is 19.2 Å². The lowest BCUT2D eigenvalue weighted by Gasteiger charge is -2.39. The van der Waals surface area contributed by atoms with E-state index in [-0.39, 0.29) is 18.7 Å². The molecule has 0 bridgehead atoms. The van der Waals surface area contributed by atoms with E-state index in [2.05, 4.69) is 22.5 Å². The molecule has 4 rings (SSSR count).